The van der Waals surface area contributed by atoms with Gasteiger partial charge in [-0.05, 0) is 188 Å². The van der Waals surface area contributed by atoms with E-state index < -0.39 is 0 Å². The smallest absolute Gasteiger partial charge is 0.264 e. The number of rotatable bonds is 20. The molecule has 10 aromatic rings. The number of nitrogens with zero attached hydrogens (tertiary/aromatic N) is 2. The van der Waals surface area contributed by atoms with E-state index in [2.05, 4.69) is 273 Å². The second kappa shape index (κ2) is 43.8. The van der Waals surface area contributed by atoms with Gasteiger partial charge in [0.2, 0.25) is 29.5 Å². The highest BCUT2D eigenvalue weighted by Gasteiger charge is 2.26. The highest BCUT2D eigenvalue weighted by atomic mass is 16.5. The van der Waals surface area contributed by atoms with Gasteiger partial charge in [-0.25, -0.2) is 0 Å². The number of likely N-dealkylation sites (N-methyl/N-ethyl adjacent to an activating group) is 2. The Kier molecular flexibility index (Phi) is 32.8. The van der Waals surface area contributed by atoms with Crippen LogP contribution in [-0.4, -0.2) is 108 Å². The van der Waals surface area contributed by atoms with Crippen molar-refractivity contribution in [3.8, 4) is 28.7 Å². The van der Waals surface area contributed by atoms with Crippen molar-refractivity contribution in [2.45, 2.75) is 208 Å². The maximum Gasteiger partial charge on any atom is 0.264 e. The molecule has 15 rings (SSSR count). The van der Waals surface area contributed by atoms with E-state index >= 15 is 0 Å². The van der Waals surface area contributed by atoms with Gasteiger partial charge < -0.3 is 76.0 Å². The zero-order valence-electron chi connectivity index (χ0n) is 79.1. The molecule has 10 aromatic carbocycles. The van der Waals surface area contributed by atoms with Gasteiger partial charge in [0.15, 0.2) is 13.2 Å². The summed E-state index contributed by atoms with van der Waals surface area (Å²) in [4.78, 5) is 87.9. The second-order valence-electron chi connectivity index (χ2n) is 38.9. The molecule has 1 unspecified atom stereocenters. The fourth-order valence-corrected chi connectivity index (χ4v) is 14.8. The van der Waals surface area contributed by atoms with Crippen LogP contribution < -0.4 is 76.0 Å². The van der Waals surface area contributed by atoms with Gasteiger partial charge in [0.25, 0.3) is 11.8 Å². The number of aryl methyl sites for hydroxylation is 5. The zero-order chi connectivity index (χ0) is 93.7. The molecule has 7 amide bonds. The molecule has 0 fully saturated rings. The molecular formula is C108H132N10O12. The maximum absolute atomic E-state index is 12.3. The third kappa shape index (κ3) is 29.5. The van der Waals surface area contributed by atoms with E-state index in [9.17, 15) is 33.6 Å². The molecule has 5 heterocycles. The molecule has 0 saturated heterocycles. The predicted molar refractivity (Wildman–Crippen MR) is 527 cm³/mol. The van der Waals surface area contributed by atoms with Crippen molar-refractivity contribution in [3.63, 3.8) is 0 Å². The highest BCUT2D eigenvalue weighted by molar-refractivity contribution is 6.00. The fraction of sp³-hybridized carbons (Fsp3) is 0.380. The van der Waals surface area contributed by atoms with Crippen LogP contribution in [0.3, 0.4) is 0 Å². The summed E-state index contributed by atoms with van der Waals surface area (Å²) in [5, 5.41) is 24.0. The molecule has 0 aromatic heterocycles. The SMILES string of the molecule is CC(C)(C)c1ccc(CCC(=O)Nc2ccc3c(c2)OCC(=O)N3)cc1.CC(C)(C)c1ccc(CCC(=O)Nc2ccc3c(c2)OCCN3)cc1.CC1CNc2cc(NC(=O)CCc3ccc(C(C)(C)C)cc3)ccc2O1.CN1C(=O)COc2cc(NC(=O)CCc3ccc(C(C)(C)C)cc3)ccc21.CN1CCOc2cc(NC(=O)CCc3ccc(C(C)(C)C)cc3)ccc21. The van der Waals surface area contributed by atoms with E-state index in [-0.39, 0.29) is 87.7 Å². The van der Waals surface area contributed by atoms with E-state index in [1.165, 1.54) is 44.5 Å². The Labute approximate surface area is 768 Å². The monoisotopic (exact) mass is 1760 g/mol. The number of benzene rings is 10. The van der Waals surface area contributed by atoms with Crippen LogP contribution in [0.1, 0.15) is 199 Å². The van der Waals surface area contributed by atoms with Crippen LogP contribution in [0.5, 0.6) is 28.7 Å². The van der Waals surface area contributed by atoms with Gasteiger partial charge in [-0.1, -0.05) is 225 Å². The van der Waals surface area contributed by atoms with Gasteiger partial charge in [-0.2, -0.15) is 0 Å². The van der Waals surface area contributed by atoms with E-state index in [0.717, 1.165) is 101 Å². The summed E-state index contributed by atoms with van der Waals surface area (Å²) in [6, 6.07) is 70.3. The molecule has 0 spiro atoms. The van der Waals surface area contributed by atoms with Crippen LogP contribution in [0.15, 0.2) is 212 Å². The Balaban J connectivity index is 0.000000157. The minimum atomic E-state index is -0.174. The average molecular weight is 1760 g/mol. The van der Waals surface area contributed by atoms with E-state index in [4.69, 9.17) is 23.7 Å². The number of fused-ring (bicyclic) bond motifs is 5. The molecule has 5 aliphatic rings. The first-order valence-electron chi connectivity index (χ1n) is 45.2. The average Bonchev–Trinajstić information content (AvgIpc) is 0.806. The van der Waals surface area contributed by atoms with Crippen LogP contribution in [0, 0.1) is 0 Å². The molecule has 8 N–H and O–H groups in total. The largest absolute Gasteiger partial charge is 0.490 e. The Hall–Kier alpha value is -13.1. The van der Waals surface area contributed by atoms with Crippen molar-refractivity contribution in [1.82, 2.24) is 0 Å². The number of anilines is 10. The molecule has 5 aliphatic heterocycles. The maximum atomic E-state index is 12.3. The van der Waals surface area contributed by atoms with E-state index in [1.54, 1.807) is 48.3 Å². The first kappa shape index (κ1) is 97.5. The third-order valence-electron chi connectivity index (χ3n) is 23.0. The van der Waals surface area contributed by atoms with Gasteiger partial charge in [-0.3, -0.25) is 33.6 Å². The van der Waals surface area contributed by atoms with Gasteiger partial charge in [0.1, 0.15) is 48.1 Å². The summed E-state index contributed by atoms with van der Waals surface area (Å²) in [7, 11) is 3.76. The minimum absolute atomic E-state index is 0.00500. The minimum Gasteiger partial charge on any atom is -0.490 e. The van der Waals surface area contributed by atoms with Gasteiger partial charge in [-0.15, -0.1) is 0 Å². The molecule has 22 heteroatoms. The molecular weight excluding hydrogens is 1630 g/mol. The summed E-state index contributed by atoms with van der Waals surface area (Å²) in [6.07, 6.45) is 5.95. The number of hydrogen-bond acceptors (Lipinski definition) is 15. The lowest BCUT2D eigenvalue weighted by molar-refractivity contribution is -0.121. The number of carbonyl (C=O) groups is 7. The second-order valence-corrected chi connectivity index (χ2v) is 38.9. The lowest BCUT2D eigenvalue weighted by Crippen LogP contribution is -2.35. The molecule has 686 valence electrons. The Bertz CT molecular complexity index is 5560. The summed E-state index contributed by atoms with van der Waals surface area (Å²) in [5.74, 6) is 3.33. The predicted octanol–water partition coefficient (Wildman–Crippen LogP) is 21.3. The molecule has 1 atom stereocenters. The first-order valence-corrected chi connectivity index (χ1v) is 45.2. The number of ether oxygens (including phenoxy) is 5. The van der Waals surface area contributed by atoms with Crippen molar-refractivity contribution >= 4 is 98.2 Å². The quantitative estimate of drug-likeness (QED) is 0.0353. The molecule has 0 aliphatic carbocycles. The summed E-state index contributed by atoms with van der Waals surface area (Å²) >= 11 is 0. The third-order valence-corrected chi connectivity index (χ3v) is 23.0. The molecule has 22 nitrogen and oxygen atoms in total. The Morgan fingerprint density at radius 2 is 0.669 bits per heavy atom. The van der Waals surface area contributed by atoms with Crippen LogP contribution in [0.4, 0.5) is 56.9 Å². The number of hydrogen-bond donors (Lipinski definition) is 8. The standard InChI is InChI=1S/C22H26N2O3.2C22H28N2O2.C21H24N2O3.C21H26N2O2/c1-22(2,3)16-8-5-15(6-9-16)7-12-20(25)23-17-10-11-18-19(13-17)27-14-21(26)24(18)4;1-15-14-23-19-13-18(10-11-20(19)26-15)24-21(25)12-7-16-5-8-17(9-6-16)22(2,3)4;1-22(2,3)17-8-5-16(6-9-17)7-12-21(25)23-18-10-11-19-20(15-18)26-14-13-24(19)4;1-21(2,3)15-7-4-14(5-8-15)6-11-19(24)22-16-9-10-17-18(12-16)26-13-20(25)23-17;1-21(2,3)16-7-4-15(5-8-16)6-11-20(24)23-17-9-10-18-19(14-17)25-13-12-22-18/h5-6,8-11,13H,7,12,14H2,1-4H3,(H,23,25);5-6,8-11,13,15,23H,7,12,14H2,1-4H3,(H,24,25);5-6,8-11,15H,7,12-14H2,1-4H3,(H,23,25);4-5,7-10,12H,6,11,13H2,1-3H3,(H,22,24)(H,23,25);4-5,7-10,14,22H,6,11-13H2,1-3H3,(H,23,24). The lowest BCUT2D eigenvalue weighted by atomic mass is 9.86. The molecule has 0 saturated carbocycles. The number of amides is 7. The van der Waals surface area contributed by atoms with E-state index in [0.29, 0.717) is 92.4 Å². The number of carbonyl (C=O) groups excluding carboxylic acids is 7. The first-order chi connectivity index (χ1) is 61.6. The van der Waals surface area contributed by atoms with Crippen molar-refractivity contribution in [2.75, 3.05) is 112 Å². The van der Waals surface area contributed by atoms with Crippen LogP contribution in [-0.2, 0) is 92.7 Å². The van der Waals surface area contributed by atoms with Crippen LogP contribution in [0.25, 0.3) is 0 Å². The van der Waals surface area contributed by atoms with E-state index in [1.807, 2.05) is 68.6 Å². The Morgan fingerprint density at radius 1 is 0.346 bits per heavy atom. The molecule has 130 heavy (non-hydrogen) atoms. The van der Waals surface area contributed by atoms with Crippen molar-refractivity contribution < 1.29 is 57.2 Å². The van der Waals surface area contributed by atoms with Crippen LogP contribution >= 0.6 is 0 Å². The Morgan fingerprint density at radius 3 is 1.06 bits per heavy atom. The summed E-state index contributed by atoms with van der Waals surface area (Å²) in [5.41, 5.74) is 21.0. The zero-order valence-corrected chi connectivity index (χ0v) is 79.1. The normalized spacial score (nSPS) is 14.1. The van der Waals surface area contributed by atoms with Crippen molar-refractivity contribution in [1.29, 1.82) is 0 Å². The highest BCUT2D eigenvalue weighted by Crippen LogP contribution is 2.39. The topological polar surface area (TPSA) is 268 Å². The van der Waals surface area contributed by atoms with Gasteiger partial charge >= 0.3 is 0 Å². The molecule has 0 bridgehead atoms. The van der Waals surface area contributed by atoms with Gasteiger partial charge in [0, 0.05) is 105 Å². The van der Waals surface area contributed by atoms with Crippen LogP contribution in [0.2, 0.25) is 0 Å². The van der Waals surface area contributed by atoms with Crippen molar-refractivity contribution in [2.24, 2.45) is 0 Å². The fourth-order valence-electron chi connectivity index (χ4n) is 14.8. The number of nitrogens with one attached hydrogen (secondary N) is 8. The van der Waals surface area contributed by atoms with Gasteiger partial charge in [0.05, 0.1) is 41.5 Å². The lowest BCUT2D eigenvalue weighted by Gasteiger charge is -2.27. The summed E-state index contributed by atoms with van der Waals surface area (Å²) in [6.45, 7) is 38.8. The van der Waals surface area contributed by atoms with Crippen molar-refractivity contribution in [3.05, 3.63) is 268 Å². The molecule has 0 radical (unpaired) electrons. The summed E-state index contributed by atoms with van der Waals surface area (Å²) < 4.78 is 27.9.